The lowest BCUT2D eigenvalue weighted by Crippen LogP contribution is -2.56. The number of carbonyl (C=O) groups excluding carboxylic acids is 2. The van der Waals surface area contributed by atoms with E-state index in [9.17, 15) is 19.5 Å². The summed E-state index contributed by atoms with van der Waals surface area (Å²) >= 11 is 0. The van der Waals surface area contributed by atoms with Crippen LogP contribution in [0.4, 0.5) is 4.79 Å². The van der Waals surface area contributed by atoms with Crippen LogP contribution in [-0.4, -0.2) is 41.8 Å². The largest absolute Gasteiger partial charge is 0.480 e. The molecule has 2 atom stereocenters. The van der Waals surface area contributed by atoms with Crippen molar-refractivity contribution in [2.75, 3.05) is 13.2 Å². The highest BCUT2D eigenvalue weighted by atomic mass is 16.5. The molecule has 0 aliphatic heterocycles. The van der Waals surface area contributed by atoms with Crippen LogP contribution in [0.5, 0.6) is 0 Å². The number of hydrogen-bond donors (Lipinski definition) is 3. The first-order valence-electron chi connectivity index (χ1n) is 12.0. The molecule has 0 heterocycles. The van der Waals surface area contributed by atoms with Gasteiger partial charge in [0.1, 0.15) is 12.1 Å². The van der Waals surface area contributed by atoms with Gasteiger partial charge < -0.3 is 20.5 Å². The molecule has 0 radical (unpaired) electrons. The molecule has 7 heteroatoms. The molecular weight excluding hydrogens is 432 g/mol. The minimum atomic E-state index is -1.17. The Balaban J connectivity index is 1.22. The molecule has 3 N–H and O–H groups in total. The average molecular weight is 465 g/mol. The number of fused-ring (bicyclic) bond motifs is 3. The molecule has 2 unspecified atom stereocenters. The second kappa shape index (κ2) is 10.3. The highest BCUT2D eigenvalue weighted by Crippen LogP contribution is 2.44. The van der Waals surface area contributed by atoms with Gasteiger partial charge in [0.15, 0.2) is 0 Å². The van der Waals surface area contributed by atoms with Gasteiger partial charge >= 0.3 is 12.1 Å². The van der Waals surface area contributed by atoms with Gasteiger partial charge in [-0.25, -0.2) is 9.59 Å². The van der Waals surface area contributed by atoms with E-state index >= 15 is 0 Å². The zero-order valence-electron chi connectivity index (χ0n) is 19.5. The van der Waals surface area contributed by atoms with Crippen molar-refractivity contribution in [1.29, 1.82) is 0 Å². The molecule has 1 fully saturated rings. The number of rotatable bonds is 8. The molecule has 0 saturated heterocycles. The van der Waals surface area contributed by atoms with Gasteiger partial charge in [0.25, 0.3) is 0 Å². The van der Waals surface area contributed by atoms with Crippen LogP contribution in [0.2, 0.25) is 0 Å². The van der Waals surface area contributed by atoms with E-state index < -0.39 is 17.6 Å². The first kappa shape index (κ1) is 23.8. The normalized spacial score (nSPS) is 21.3. The molecule has 2 amide bonds. The summed E-state index contributed by atoms with van der Waals surface area (Å²) in [5.41, 5.74) is 3.47. The molecule has 0 spiro atoms. The van der Waals surface area contributed by atoms with E-state index in [1.54, 1.807) is 0 Å². The fourth-order valence-corrected chi connectivity index (χ4v) is 5.33. The zero-order chi connectivity index (χ0) is 24.1. The number of hydrogen-bond acceptors (Lipinski definition) is 4. The molecule has 34 heavy (non-hydrogen) atoms. The number of carboxylic acids is 1. The monoisotopic (exact) mass is 464 g/mol. The number of aliphatic carboxylic acids is 1. The zero-order valence-corrected chi connectivity index (χ0v) is 19.5. The van der Waals surface area contributed by atoms with Gasteiger partial charge in [-0.15, -0.1) is 0 Å². The first-order chi connectivity index (χ1) is 16.4. The van der Waals surface area contributed by atoms with Crippen molar-refractivity contribution in [3.8, 4) is 11.1 Å². The average Bonchev–Trinajstić information content (AvgIpc) is 3.14. The van der Waals surface area contributed by atoms with Crippen molar-refractivity contribution in [2.24, 2.45) is 5.92 Å². The van der Waals surface area contributed by atoms with Crippen LogP contribution < -0.4 is 10.6 Å². The number of alkyl carbamates (subject to hydrolysis) is 1. The van der Waals surface area contributed by atoms with Crippen LogP contribution in [0, 0.1) is 5.92 Å². The fourth-order valence-electron chi connectivity index (χ4n) is 5.33. The van der Waals surface area contributed by atoms with Gasteiger partial charge in [0, 0.05) is 18.9 Å². The Bertz CT molecular complexity index is 1020. The lowest BCUT2D eigenvalue weighted by molar-refractivity contribution is -0.150. The quantitative estimate of drug-likeness (QED) is 0.501. The Labute approximate surface area is 199 Å². The second-order valence-electron chi connectivity index (χ2n) is 9.49. The minimum absolute atomic E-state index is 0.00554. The summed E-state index contributed by atoms with van der Waals surface area (Å²) in [6, 6.07) is 16.3. The predicted octanol–water partition coefficient (Wildman–Crippen LogP) is 4.46. The van der Waals surface area contributed by atoms with Gasteiger partial charge in [0.05, 0.1) is 0 Å². The lowest BCUT2D eigenvalue weighted by Gasteiger charge is -2.37. The third-order valence-corrected chi connectivity index (χ3v) is 6.98. The van der Waals surface area contributed by atoms with Crippen molar-refractivity contribution in [1.82, 2.24) is 10.6 Å². The predicted molar refractivity (Wildman–Crippen MR) is 128 cm³/mol. The van der Waals surface area contributed by atoms with Crippen molar-refractivity contribution >= 4 is 18.0 Å². The van der Waals surface area contributed by atoms with Crippen LogP contribution in [0.1, 0.15) is 62.5 Å². The maximum Gasteiger partial charge on any atom is 0.407 e. The van der Waals surface area contributed by atoms with E-state index in [4.69, 9.17) is 4.74 Å². The van der Waals surface area contributed by atoms with Crippen molar-refractivity contribution < 1.29 is 24.2 Å². The SMILES string of the molecule is CC1CCCC(NC(=O)CCCNC(=O)OCC2c3ccccc3-c3ccccc32)(C(=O)O)C1. The number of carboxylic acid groups (broad SMARTS) is 1. The van der Waals surface area contributed by atoms with Gasteiger partial charge in [-0.05, 0) is 47.4 Å². The van der Waals surface area contributed by atoms with Gasteiger partial charge in [-0.2, -0.15) is 0 Å². The smallest absolute Gasteiger partial charge is 0.407 e. The highest BCUT2D eigenvalue weighted by molar-refractivity contribution is 5.87. The third kappa shape index (κ3) is 5.08. The number of nitrogens with one attached hydrogen (secondary N) is 2. The molecule has 2 aromatic rings. The van der Waals surface area contributed by atoms with Gasteiger partial charge in [0.2, 0.25) is 5.91 Å². The Hall–Kier alpha value is -3.35. The fraction of sp³-hybridized carbons (Fsp3) is 0.444. The van der Waals surface area contributed by atoms with E-state index in [2.05, 4.69) is 34.9 Å². The maximum atomic E-state index is 12.4. The van der Waals surface area contributed by atoms with Crippen molar-refractivity contribution in [3.05, 3.63) is 59.7 Å². The van der Waals surface area contributed by atoms with E-state index in [1.165, 1.54) is 11.1 Å². The summed E-state index contributed by atoms with van der Waals surface area (Å²) in [6.45, 7) is 2.53. The molecule has 1 saturated carbocycles. The third-order valence-electron chi connectivity index (χ3n) is 6.98. The number of benzene rings is 2. The number of carbonyl (C=O) groups is 3. The summed E-state index contributed by atoms with van der Waals surface area (Å²) in [7, 11) is 0. The highest BCUT2D eigenvalue weighted by Gasteiger charge is 2.43. The van der Waals surface area contributed by atoms with Gasteiger partial charge in [-0.1, -0.05) is 68.3 Å². The van der Waals surface area contributed by atoms with Crippen LogP contribution >= 0.6 is 0 Å². The molecule has 4 rings (SSSR count). The molecule has 7 nitrogen and oxygen atoms in total. The van der Waals surface area contributed by atoms with Gasteiger partial charge in [-0.3, -0.25) is 4.79 Å². The second-order valence-corrected chi connectivity index (χ2v) is 9.49. The minimum Gasteiger partial charge on any atom is -0.480 e. The summed E-state index contributed by atoms with van der Waals surface area (Å²) in [5, 5.41) is 15.1. The standard InChI is InChI=1S/C27H32N2O5/c1-18-8-6-14-27(16-18,25(31)32)29-24(30)13-7-15-28-26(33)34-17-23-21-11-4-2-9-19(21)20-10-3-5-12-22(20)23/h2-5,9-12,18,23H,6-8,13-17H2,1H3,(H,28,33)(H,29,30)(H,31,32). The summed E-state index contributed by atoms with van der Waals surface area (Å²) < 4.78 is 5.50. The van der Waals surface area contributed by atoms with Crippen molar-refractivity contribution in [3.63, 3.8) is 0 Å². The first-order valence-corrected chi connectivity index (χ1v) is 12.0. The molecule has 0 aromatic heterocycles. The molecule has 2 aliphatic rings. The van der Waals surface area contributed by atoms with E-state index in [1.807, 2.05) is 31.2 Å². The molecule has 0 bridgehead atoms. The van der Waals surface area contributed by atoms with Crippen LogP contribution in [0.25, 0.3) is 11.1 Å². The summed E-state index contributed by atoms with van der Waals surface area (Å²) in [4.78, 5) is 36.5. The number of amides is 2. The molecule has 180 valence electrons. The van der Waals surface area contributed by atoms with Crippen LogP contribution in [0.15, 0.2) is 48.5 Å². The summed E-state index contributed by atoms with van der Waals surface area (Å²) in [5.74, 6) is -1.01. The topological polar surface area (TPSA) is 105 Å². The Kier molecular flexibility index (Phi) is 7.20. The Morgan fingerprint density at radius 2 is 1.71 bits per heavy atom. The van der Waals surface area contributed by atoms with Crippen molar-refractivity contribution in [2.45, 2.75) is 56.9 Å². The van der Waals surface area contributed by atoms with Crippen LogP contribution in [-0.2, 0) is 14.3 Å². The lowest BCUT2D eigenvalue weighted by atomic mass is 9.76. The molecule has 2 aliphatic carbocycles. The van der Waals surface area contributed by atoms with Crippen LogP contribution in [0.3, 0.4) is 0 Å². The molecular formula is C27H32N2O5. The maximum absolute atomic E-state index is 12.4. The summed E-state index contributed by atoms with van der Waals surface area (Å²) in [6.07, 6.45) is 2.70. The van der Waals surface area contributed by atoms with E-state index in [-0.39, 0.29) is 37.3 Å². The Morgan fingerprint density at radius 3 is 2.32 bits per heavy atom. The molecule has 2 aromatic carbocycles. The van der Waals surface area contributed by atoms with E-state index in [0.29, 0.717) is 19.3 Å². The number of ether oxygens (including phenoxy) is 1. The Morgan fingerprint density at radius 1 is 1.06 bits per heavy atom. The van der Waals surface area contributed by atoms with E-state index in [0.717, 1.165) is 24.0 Å².